The van der Waals surface area contributed by atoms with Crippen LogP contribution in [-0.4, -0.2) is 25.0 Å². The molecule has 1 aliphatic heterocycles. The summed E-state index contributed by atoms with van der Waals surface area (Å²) in [6.45, 7) is 7.23. The lowest BCUT2D eigenvalue weighted by molar-refractivity contribution is -0.134. The van der Waals surface area contributed by atoms with Crippen LogP contribution in [0.15, 0.2) is 47.9 Å². The summed E-state index contributed by atoms with van der Waals surface area (Å²) in [5.74, 6) is -0.204. The molecule has 1 rings (SSSR count). The van der Waals surface area contributed by atoms with Crippen molar-refractivity contribution in [2.24, 2.45) is 0 Å². The van der Waals surface area contributed by atoms with Crippen LogP contribution in [0.4, 0.5) is 0 Å². The van der Waals surface area contributed by atoms with Gasteiger partial charge in [-0.15, -0.1) is 0 Å². The molecule has 0 spiro atoms. The fraction of sp³-hybridized carbons (Fsp3) is 0.286. The zero-order valence-electron chi connectivity index (χ0n) is 11.2. The van der Waals surface area contributed by atoms with Crippen LogP contribution in [0, 0.1) is 0 Å². The van der Waals surface area contributed by atoms with Crippen molar-refractivity contribution in [3.05, 3.63) is 47.9 Å². The van der Waals surface area contributed by atoms with Crippen LogP contribution < -0.4 is 10.6 Å². The number of piperidine rings is 1. The van der Waals surface area contributed by atoms with Crippen LogP contribution in [0.1, 0.15) is 12.8 Å². The molecule has 1 atom stereocenters. The fourth-order valence-electron chi connectivity index (χ4n) is 1.68. The summed E-state index contributed by atoms with van der Waals surface area (Å²) in [7, 11) is 1.48. The predicted octanol–water partition coefficient (Wildman–Crippen LogP) is 1.73. The molecule has 0 aromatic rings. The summed E-state index contributed by atoms with van der Waals surface area (Å²) in [6, 6.07) is -0.490. The Kier molecular flexibility index (Phi) is 6.06. The maximum atomic E-state index is 11.6. The second-order valence-electron chi connectivity index (χ2n) is 4.07. The normalized spacial score (nSPS) is 20.7. The molecule has 0 radical (unpaired) electrons. The molecule has 1 fully saturated rings. The predicted molar refractivity (Wildman–Crippen MR) is 77.7 cm³/mol. The number of carbonyl (C=O) groups is 2. The molecule has 1 aliphatic rings. The highest BCUT2D eigenvalue weighted by Crippen LogP contribution is 2.16. The van der Waals surface area contributed by atoms with Gasteiger partial charge in [0.15, 0.2) is 0 Å². The molecule has 2 N–H and O–H groups in total. The van der Waals surface area contributed by atoms with Gasteiger partial charge in [0.2, 0.25) is 11.8 Å². The van der Waals surface area contributed by atoms with Crippen molar-refractivity contribution in [1.29, 1.82) is 0 Å². The molecule has 0 bridgehead atoms. The number of methoxy groups -OCH3 is 1. The number of hydrogen-bond donors (Lipinski definition) is 2. The molecule has 0 aliphatic carbocycles. The average molecular weight is 297 g/mol. The van der Waals surface area contributed by atoms with Crippen molar-refractivity contribution in [1.82, 2.24) is 10.6 Å². The minimum absolute atomic E-state index is 0.261. The van der Waals surface area contributed by atoms with Crippen LogP contribution in [0.25, 0.3) is 0 Å². The van der Waals surface area contributed by atoms with Crippen LogP contribution in [-0.2, 0) is 14.3 Å². The molecular weight excluding hydrogens is 280 g/mol. The Bertz CT molecular complexity index is 495. The number of nitrogens with one attached hydrogen (secondary N) is 2. The van der Waals surface area contributed by atoms with E-state index in [-0.39, 0.29) is 11.8 Å². The Morgan fingerprint density at radius 3 is 2.65 bits per heavy atom. The van der Waals surface area contributed by atoms with E-state index in [9.17, 15) is 9.59 Å². The molecular formula is C14H17ClN2O3. The van der Waals surface area contributed by atoms with Crippen LogP contribution in [0.2, 0.25) is 0 Å². The van der Waals surface area contributed by atoms with Crippen molar-refractivity contribution in [2.75, 3.05) is 7.11 Å². The van der Waals surface area contributed by atoms with E-state index in [0.717, 1.165) is 0 Å². The number of ether oxygens (including phenoxy) is 1. The van der Waals surface area contributed by atoms with E-state index in [1.807, 2.05) is 0 Å². The standard InChI is InChI=1S/C14H17ClN2O3/c1-4-9(8-10(15)12(5-2)20-3)16-11-6-7-13(18)17-14(11)19/h4-5,8,11,16H,1-2,6-7H2,3H3,(H,17,18,19)/b9-8+,12-10-. The van der Waals surface area contributed by atoms with Crippen molar-refractivity contribution < 1.29 is 14.3 Å². The van der Waals surface area contributed by atoms with Gasteiger partial charge in [0.05, 0.1) is 12.1 Å². The van der Waals surface area contributed by atoms with E-state index in [4.69, 9.17) is 16.3 Å². The molecule has 1 unspecified atom stereocenters. The highest BCUT2D eigenvalue weighted by atomic mass is 35.5. The quantitative estimate of drug-likeness (QED) is 0.445. The van der Waals surface area contributed by atoms with Gasteiger partial charge in [-0.05, 0) is 24.6 Å². The number of rotatable bonds is 6. The lowest BCUT2D eigenvalue weighted by atomic mass is 10.1. The highest BCUT2D eigenvalue weighted by Gasteiger charge is 2.26. The van der Waals surface area contributed by atoms with Gasteiger partial charge < -0.3 is 10.1 Å². The SMILES string of the molecule is C=C/C(OC)=C(Cl)\C=C(/C=C)NC1CCC(=O)NC1=O. The van der Waals surface area contributed by atoms with Crippen molar-refractivity contribution in [3.8, 4) is 0 Å². The summed E-state index contributed by atoms with van der Waals surface area (Å²) >= 11 is 6.06. The largest absolute Gasteiger partial charge is 0.495 e. The lowest BCUT2D eigenvalue weighted by Gasteiger charge is -2.23. The lowest BCUT2D eigenvalue weighted by Crippen LogP contribution is -2.50. The van der Waals surface area contributed by atoms with Crippen molar-refractivity contribution >= 4 is 23.4 Å². The topological polar surface area (TPSA) is 67.4 Å². The minimum Gasteiger partial charge on any atom is -0.495 e. The van der Waals surface area contributed by atoms with E-state index < -0.39 is 6.04 Å². The third kappa shape index (κ3) is 4.28. The van der Waals surface area contributed by atoms with Gasteiger partial charge in [-0.25, -0.2) is 0 Å². The maximum Gasteiger partial charge on any atom is 0.249 e. The number of amides is 2. The molecule has 5 nitrogen and oxygen atoms in total. The van der Waals surface area contributed by atoms with Gasteiger partial charge in [-0.1, -0.05) is 24.8 Å². The average Bonchev–Trinajstić information content (AvgIpc) is 2.42. The highest BCUT2D eigenvalue weighted by molar-refractivity contribution is 6.31. The second kappa shape index (κ2) is 7.55. The molecule has 2 amide bonds. The van der Waals surface area contributed by atoms with Gasteiger partial charge in [0, 0.05) is 12.1 Å². The Morgan fingerprint density at radius 2 is 2.15 bits per heavy atom. The van der Waals surface area contributed by atoms with E-state index in [1.54, 1.807) is 6.08 Å². The third-order valence-electron chi connectivity index (χ3n) is 2.72. The minimum atomic E-state index is -0.490. The smallest absolute Gasteiger partial charge is 0.249 e. The molecule has 0 aromatic carbocycles. The summed E-state index contributed by atoms with van der Waals surface area (Å²) in [5.41, 5.74) is 0.556. The summed E-state index contributed by atoms with van der Waals surface area (Å²) in [4.78, 5) is 22.7. The van der Waals surface area contributed by atoms with E-state index in [2.05, 4.69) is 23.8 Å². The number of allylic oxidation sites excluding steroid dienone is 4. The molecule has 20 heavy (non-hydrogen) atoms. The van der Waals surface area contributed by atoms with Gasteiger partial charge in [0.1, 0.15) is 11.8 Å². The molecule has 6 heteroatoms. The number of hydrogen-bond acceptors (Lipinski definition) is 4. The second-order valence-corrected chi connectivity index (χ2v) is 4.48. The summed E-state index contributed by atoms with van der Waals surface area (Å²) in [5, 5.41) is 5.58. The van der Waals surface area contributed by atoms with Crippen molar-refractivity contribution in [3.63, 3.8) is 0 Å². The van der Waals surface area contributed by atoms with Gasteiger partial charge in [-0.2, -0.15) is 0 Å². The van der Waals surface area contributed by atoms with Crippen LogP contribution in [0.3, 0.4) is 0 Å². The number of halogens is 1. The van der Waals surface area contributed by atoms with E-state index in [0.29, 0.717) is 29.3 Å². The summed E-state index contributed by atoms with van der Waals surface area (Å²) in [6.07, 6.45) is 5.32. The number of carbonyl (C=O) groups excluding carboxylic acids is 2. The zero-order chi connectivity index (χ0) is 15.1. The van der Waals surface area contributed by atoms with E-state index >= 15 is 0 Å². The Balaban J connectivity index is 2.84. The zero-order valence-corrected chi connectivity index (χ0v) is 12.0. The molecule has 1 heterocycles. The first-order valence-corrected chi connectivity index (χ1v) is 6.40. The fourth-order valence-corrected chi connectivity index (χ4v) is 1.95. The van der Waals surface area contributed by atoms with E-state index in [1.165, 1.54) is 19.3 Å². The Hall–Kier alpha value is -2.01. The third-order valence-corrected chi connectivity index (χ3v) is 3.02. The molecule has 0 saturated carbocycles. The first-order valence-electron chi connectivity index (χ1n) is 6.02. The van der Waals surface area contributed by atoms with Crippen LogP contribution in [0.5, 0.6) is 0 Å². The van der Waals surface area contributed by atoms with Gasteiger partial charge in [-0.3, -0.25) is 14.9 Å². The van der Waals surface area contributed by atoms with Gasteiger partial charge in [0.25, 0.3) is 0 Å². The Labute approximate surface area is 123 Å². The monoisotopic (exact) mass is 296 g/mol. The van der Waals surface area contributed by atoms with Crippen molar-refractivity contribution in [2.45, 2.75) is 18.9 Å². The molecule has 0 aromatic heterocycles. The number of imide groups is 1. The molecule has 108 valence electrons. The first-order chi connectivity index (χ1) is 9.51. The molecule has 1 saturated heterocycles. The maximum absolute atomic E-state index is 11.6. The first kappa shape index (κ1) is 16.0. The Morgan fingerprint density at radius 1 is 1.45 bits per heavy atom. The summed E-state index contributed by atoms with van der Waals surface area (Å²) < 4.78 is 5.03. The van der Waals surface area contributed by atoms with Gasteiger partial charge >= 0.3 is 0 Å². The van der Waals surface area contributed by atoms with Crippen LogP contribution >= 0.6 is 11.6 Å².